The Morgan fingerprint density at radius 2 is 1.80 bits per heavy atom. The van der Waals surface area contributed by atoms with E-state index in [1.165, 1.54) is 0 Å². The van der Waals surface area contributed by atoms with Crippen LogP contribution in [0.1, 0.15) is 0 Å². The molecule has 0 heterocycles. The van der Waals surface area contributed by atoms with Crippen LogP contribution in [0.2, 0.25) is 0 Å². The molecule has 3 heteroatoms. The van der Waals surface area contributed by atoms with Gasteiger partial charge in [0.05, 0.1) is 6.54 Å². The second kappa shape index (κ2) is 2.08. The third-order valence-electron chi connectivity index (χ3n) is 0.169. The highest BCUT2D eigenvalue weighted by Gasteiger charge is 1.85. The van der Waals surface area contributed by atoms with Gasteiger partial charge in [0.15, 0.2) is 0 Å². The zero-order chi connectivity index (χ0) is 4.28. The summed E-state index contributed by atoms with van der Waals surface area (Å²) in [6.45, 7) is 2.42. The molecule has 0 aromatic carbocycles. The van der Waals surface area contributed by atoms with Gasteiger partial charge in [-0.15, -0.1) is 8.96 Å². The molecule has 0 aliphatic heterocycles. The van der Waals surface area contributed by atoms with Crippen LogP contribution in [0.15, 0.2) is 0 Å². The van der Waals surface area contributed by atoms with Crippen LogP contribution in [0.3, 0.4) is 0 Å². The lowest BCUT2D eigenvalue weighted by atomic mass is 10.8. The second-order valence-electron chi connectivity index (χ2n) is 0.527. The van der Waals surface area contributed by atoms with Gasteiger partial charge in [-0.05, 0) is 6.92 Å². The van der Waals surface area contributed by atoms with E-state index >= 15 is 0 Å². The first kappa shape index (κ1) is 4.82. The third-order valence-corrected chi connectivity index (χ3v) is 0.169. The third kappa shape index (κ3) is 3.82. The van der Waals surface area contributed by atoms with E-state index in [0.717, 1.165) is 0 Å². The van der Waals surface area contributed by atoms with Crippen molar-refractivity contribution in [3.05, 3.63) is 6.92 Å². The van der Waals surface area contributed by atoms with Gasteiger partial charge in [0.25, 0.3) is 0 Å². The summed E-state index contributed by atoms with van der Waals surface area (Å²) >= 11 is 0. The van der Waals surface area contributed by atoms with Gasteiger partial charge in [0, 0.05) is 5.34 Å². The first-order valence-electron chi connectivity index (χ1n) is 1.15. The number of hydrogen-bond acceptors (Lipinski definition) is 1. The highest BCUT2D eigenvalue weighted by molar-refractivity contribution is 4.28. The molecule has 0 saturated heterocycles. The molecule has 1 nitrogen and oxygen atoms in total. The van der Waals surface area contributed by atoms with Crippen molar-refractivity contribution in [3.63, 3.8) is 0 Å². The van der Waals surface area contributed by atoms with Gasteiger partial charge in [0.1, 0.15) is 0 Å². The Bertz CT molecular complexity index is 21.6. The van der Waals surface area contributed by atoms with Gasteiger partial charge >= 0.3 is 0 Å². The topological polar surface area (TPSA) is 3.24 Å². The predicted octanol–water partition coefficient (Wildman–Crippen LogP) is 0.891. The Hall–Kier alpha value is -0.180. The fraction of sp³-hybridized carbons (Fsp3) is 0.500. The Labute approximate surface area is 29.1 Å². The molecule has 1 radical (unpaired) electrons. The molecule has 0 aliphatic carbocycles. The molecule has 31 valence electrons. The molecule has 0 N–H and O–H groups in total. The van der Waals surface area contributed by atoms with Crippen molar-refractivity contribution < 1.29 is 8.96 Å². The largest absolute Gasteiger partial charge is 0.102 e. The van der Waals surface area contributed by atoms with E-state index in [1.54, 1.807) is 0 Å². The van der Waals surface area contributed by atoms with Crippen LogP contribution in [0, 0.1) is 6.92 Å². The quantitative estimate of drug-likeness (QED) is 0.423. The normalized spacial score (nSPS) is 9.60. The SMILES string of the molecule is [CH2]CN(F)F. The molecule has 0 amide bonds. The molecular weight excluding hydrogens is 76.0 g/mol. The number of rotatable bonds is 1. The molecule has 5 heavy (non-hydrogen) atoms. The van der Waals surface area contributed by atoms with E-state index < -0.39 is 11.9 Å². The first-order valence-corrected chi connectivity index (χ1v) is 1.15. The summed E-state index contributed by atoms with van der Waals surface area (Å²) in [5, 5.41) is -0.986. The number of nitrogens with zero attached hydrogens (tertiary/aromatic N) is 1. The molecule has 0 saturated carbocycles. The van der Waals surface area contributed by atoms with Crippen molar-refractivity contribution in [1.29, 1.82) is 0 Å². The maximum atomic E-state index is 10.5. The van der Waals surface area contributed by atoms with Gasteiger partial charge < -0.3 is 0 Å². The highest BCUT2D eigenvalue weighted by atomic mass is 19.4. The Morgan fingerprint density at radius 1 is 1.60 bits per heavy atom. The van der Waals surface area contributed by atoms with Crippen LogP contribution in [-0.4, -0.2) is 11.9 Å². The fourth-order valence-corrected chi connectivity index (χ4v) is 0. The van der Waals surface area contributed by atoms with Crippen molar-refractivity contribution in [1.82, 2.24) is 5.34 Å². The lowest BCUT2D eigenvalue weighted by Gasteiger charge is -1.85. The molecule has 0 bridgehead atoms. The minimum absolute atomic E-state index is 0.444. The van der Waals surface area contributed by atoms with Gasteiger partial charge in [-0.3, -0.25) is 0 Å². The van der Waals surface area contributed by atoms with Crippen LogP contribution in [0.4, 0.5) is 8.96 Å². The molecule has 0 atom stereocenters. The standard InChI is InChI=1S/C2H4F2N/c1-2-5(3)4/h1-2H2. The molecule has 0 aromatic heterocycles. The summed E-state index contributed by atoms with van der Waals surface area (Å²) in [7, 11) is 0. The van der Waals surface area contributed by atoms with Crippen molar-refractivity contribution in [2.75, 3.05) is 6.54 Å². The van der Waals surface area contributed by atoms with Crippen molar-refractivity contribution in [3.8, 4) is 0 Å². The molecule has 0 aromatic rings. The predicted molar refractivity (Wildman–Crippen MR) is 14.3 cm³/mol. The Kier molecular flexibility index (Phi) is 2.01. The zero-order valence-electron chi connectivity index (χ0n) is 2.62. The first-order chi connectivity index (χ1) is 2.27. The van der Waals surface area contributed by atoms with E-state index in [9.17, 15) is 8.96 Å². The lowest BCUT2D eigenvalue weighted by Crippen LogP contribution is -1.95. The number of hydrogen-bond donors (Lipinski definition) is 0. The van der Waals surface area contributed by atoms with E-state index in [4.69, 9.17) is 0 Å². The van der Waals surface area contributed by atoms with Crippen LogP contribution in [0.25, 0.3) is 0 Å². The summed E-state index contributed by atoms with van der Waals surface area (Å²) < 4.78 is 21.1. The molecular formula is C2H4F2N. The fourth-order valence-electron chi connectivity index (χ4n) is 0. The zero-order valence-corrected chi connectivity index (χ0v) is 2.62. The average Bonchev–Trinajstić information content (AvgIpc) is 1.38. The Morgan fingerprint density at radius 3 is 1.80 bits per heavy atom. The van der Waals surface area contributed by atoms with E-state index in [0.29, 0.717) is 0 Å². The van der Waals surface area contributed by atoms with E-state index in [2.05, 4.69) is 6.92 Å². The maximum Gasteiger partial charge on any atom is 0.0620 e. The summed E-state index contributed by atoms with van der Waals surface area (Å²) in [6, 6.07) is 0. The van der Waals surface area contributed by atoms with Crippen molar-refractivity contribution in [2.24, 2.45) is 0 Å². The Balaban J connectivity index is 2.54. The molecule has 0 spiro atoms. The number of halogens is 2. The maximum absolute atomic E-state index is 10.5. The van der Waals surface area contributed by atoms with Crippen LogP contribution < -0.4 is 0 Å². The van der Waals surface area contributed by atoms with Gasteiger partial charge in [-0.2, -0.15) is 0 Å². The lowest BCUT2D eigenvalue weighted by molar-refractivity contribution is -0.143. The summed E-state index contributed by atoms with van der Waals surface area (Å²) in [4.78, 5) is 0. The molecule has 0 fully saturated rings. The summed E-state index contributed by atoms with van der Waals surface area (Å²) in [5.41, 5.74) is 0. The summed E-state index contributed by atoms with van der Waals surface area (Å²) in [5.74, 6) is 0. The monoisotopic (exact) mass is 80.0 g/mol. The van der Waals surface area contributed by atoms with Crippen molar-refractivity contribution in [2.45, 2.75) is 0 Å². The van der Waals surface area contributed by atoms with Crippen LogP contribution in [0.5, 0.6) is 0 Å². The van der Waals surface area contributed by atoms with E-state index in [1.807, 2.05) is 0 Å². The van der Waals surface area contributed by atoms with Gasteiger partial charge in [0.2, 0.25) is 0 Å². The van der Waals surface area contributed by atoms with Gasteiger partial charge in [-0.25, -0.2) is 0 Å². The summed E-state index contributed by atoms with van der Waals surface area (Å²) in [6.07, 6.45) is 0. The molecule has 0 unspecified atom stereocenters. The smallest absolute Gasteiger partial charge is 0.0620 e. The van der Waals surface area contributed by atoms with Crippen LogP contribution in [-0.2, 0) is 0 Å². The van der Waals surface area contributed by atoms with Gasteiger partial charge in [-0.1, -0.05) is 0 Å². The van der Waals surface area contributed by atoms with E-state index in [-0.39, 0.29) is 0 Å². The van der Waals surface area contributed by atoms with Crippen LogP contribution >= 0.6 is 0 Å². The second-order valence-corrected chi connectivity index (χ2v) is 0.527. The average molecular weight is 80.1 g/mol. The molecule has 0 rings (SSSR count). The molecule has 0 aliphatic rings. The minimum Gasteiger partial charge on any atom is -0.102 e. The highest BCUT2D eigenvalue weighted by Crippen LogP contribution is 1.81. The van der Waals surface area contributed by atoms with Crippen molar-refractivity contribution >= 4 is 0 Å². The minimum atomic E-state index is -0.986.